The van der Waals surface area contributed by atoms with E-state index in [-0.39, 0.29) is 17.3 Å². The smallest absolute Gasteiger partial charge is 0.241 e. The monoisotopic (exact) mass is 430 g/mol. The fourth-order valence-corrected chi connectivity index (χ4v) is 4.68. The van der Waals surface area contributed by atoms with Crippen LogP contribution in [0.4, 0.5) is 0 Å². The number of piperidine rings is 1. The summed E-state index contributed by atoms with van der Waals surface area (Å²) in [5.74, 6) is 1.01. The highest BCUT2D eigenvalue weighted by atomic mass is 32.2. The van der Waals surface area contributed by atoms with Crippen molar-refractivity contribution in [1.82, 2.24) is 9.62 Å². The van der Waals surface area contributed by atoms with Crippen molar-refractivity contribution in [1.29, 1.82) is 0 Å². The number of hydrogen-bond acceptors (Lipinski definition) is 4. The molecule has 0 aromatic heterocycles. The summed E-state index contributed by atoms with van der Waals surface area (Å²) in [5.41, 5.74) is 2.63. The Morgan fingerprint density at radius 3 is 2.30 bits per heavy atom. The first-order chi connectivity index (χ1) is 14.4. The summed E-state index contributed by atoms with van der Waals surface area (Å²) < 4.78 is 32.2. The number of likely N-dealkylation sites (tertiary alicyclic amines) is 1. The Hall–Kier alpha value is -2.38. The summed E-state index contributed by atoms with van der Waals surface area (Å²) in [7, 11) is -2.21. The molecule has 1 saturated heterocycles. The molecule has 0 unspecified atom stereocenters. The molecule has 162 valence electrons. The largest absolute Gasteiger partial charge is 0.497 e. The standard InChI is InChI=1S/C23H30N2O4S/c1-18-3-5-19(6-4-18)7-8-20-13-15-25(16-14-20)23(26)17-24-30(27,28)22-11-9-21(29-2)10-12-22/h3-6,9-12,20,24H,7-8,13-17H2,1-2H3. The average Bonchev–Trinajstić information content (AvgIpc) is 2.77. The van der Waals surface area contributed by atoms with E-state index in [0.29, 0.717) is 24.8 Å². The van der Waals surface area contributed by atoms with Crippen molar-refractivity contribution in [3.05, 3.63) is 59.7 Å². The Balaban J connectivity index is 1.42. The number of amides is 1. The van der Waals surface area contributed by atoms with Gasteiger partial charge in [0.25, 0.3) is 0 Å². The molecule has 0 atom stereocenters. The summed E-state index contributed by atoms with van der Waals surface area (Å²) in [4.78, 5) is 14.4. The van der Waals surface area contributed by atoms with Crippen LogP contribution in [0.2, 0.25) is 0 Å². The Bertz CT molecular complexity index is 932. The van der Waals surface area contributed by atoms with Gasteiger partial charge < -0.3 is 9.64 Å². The zero-order valence-electron chi connectivity index (χ0n) is 17.6. The maximum absolute atomic E-state index is 12.5. The quantitative estimate of drug-likeness (QED) is 0.698. The number of rotatable bonds is 8. The second-order valence-electron chi connectivity index (χ2n) is 7.85. The number of nitrogens with one attached hydrogen (secondary N) is 1. The fraction of sp³-hybridized carbons (Fsp3) is 0.435. The van der Waals surface area contributed by atoms with Crippen LogP contribution < -0.4 is 9.46 Å². The number of methoxy groups -OCH3 is 1. The number of carbonyl (C=O) groups excluding carboxylic acids is 1. The summed E-state index contributed by atoms with van der Waals surface area (Å²) in [6.45, 7) is 3.24. The normalized spacial score (nSPS) is 15.2. The van der Waals surface area contributed by atoms with Crippen molar-refractivity contribution in [2.45, 2.75) is 37.5 Å². The van der Waals surface area contributed by atoms with Crippen LogP contribution in [0.3, 0.4) is 0 Å². The third-order valence-electron chi connectivity index (χ3n) is 5.71. The molecule has 6 nitrogen and oxygen atoms in total. The zero-order chi connectivity index (χ0) is 21.6. The van der Waals surface area contributed by atoms with Gasteiger partial charge in [-0.1, -0.05) is 29.8 Å². The van der Waals surface area contributed by atoms with Crippen LogP contribution in [-0.4, -0.2) is 46.0 Å². The number of benzene rings is 2. The van der Waals surface area contributed by atoms with Gasteiger partial charge in [-0.25, -0.2) is 13.1 Å². The number of ether oxygens (including phenoxy) is 1. The van der Waals surface area contributed by atoms with Crippen molar-refractivity contribution < 1.29 is 17.9 Å². The van der Waals surface area contributed by atoms with E-state index >= 15 is 0 Å². The first-order valence-corrected chi connectivity index (χ1v) is 11.8. The van der Waals surface area contributed by atoms with Crippen LogP contribution in [0.1, 0.15) is 30.4 Å². The highest BCUT2D eigenvalue weighted by molar-refractivity contribution is 7.89. The van der Waals surface area contributed by atoms with Crippen LogP contribution in [0.5, 0.6) is 5.75 Å². The van der Waals surface area contributed by atoms with Gasteiger partial charge in [-0.3, -0.25) is 4.79 Å². The van der Waals surface area contributed by atoms with Gasteiger partial charge in [-0.15, -0.1) is 0 Å². The molecule has 0 aliphatic carbocycles. The van der Waals surface area contributed by atoms with Gasteiger partial charge in [0, 0.05) is 13.1 Å². The Kier molecular flexibility index (Phi) is 7.50. The summed E-state index contributed by atoms with van der Waals surface area (Å²) >= 11 is 0. The number of hydrogen-bond donors (Lipinski definition) is 1. The third kappa shape index (κ3) is 6.06. The Morgan fingerprint density at radius 1 is 1.07 bits per heavy atom. The fourth-order valence-electron chi connectivity index (χ4n) is 3.70. The van der Waals surface area contributed by atoms with Crippen molar-refractivity contribution in [3.8, 4) is 5.75 Å². The first kappa shape index (κ1) is 22.3. The van der Waals surface area contributed by atoms with E-state index in [9.17, 15) is 13.2 Å². The number of sulfonamides is 1. The predicted molar refractivity (Wildman–Crippen MR) is 117 cm³/mol. The summed E-state index contributed by atoms with van der Waals surface area (Å²) in [5, 5.41) is 0. The SMILES string of the molecule is COc1ccc(S(=O)(=O)NCC(=O)N2CCC(CCc3ccc(C)cc3)CC2)cc1. The molecule has 0 spiro atoms. The van der Waals surface area contributed by atoms with Gasteiger partial charge in [-0.05, 0) is 68.4 Å². The summed E-state index contributed by atoms with van der Waals surface area (Å²) in [6.07, 6.45) is 4.10. The van der Waals surface area contributed by atoms with E-state index in [1.165, 1.54) is 30.4 Å². The molecule has 2 aromatic rings. The van der Waals surface area contributed by atoms with Crippen molar-refractivity contribution in [3.63, 3.8) is 0 Å². The predicted octanol–water partition coefficient (Wildman–Crippen LogP) is 3.15. The Labute approximate surface area is 179 Å². The molecule has 1 aliphatic rings. The lowest BCUT2D eigenvalue weighted by molar-refractivity contribution is -0.131. The molecule has 2 aromatic carbocycles. The number of aryl methyl sites for hydroxylation is 2. The van der Waals surface area contributed by atoms with Gasteiger partial charge in [0.2, 0.25) is 15.9 Å². The van der Waals surface area contributed by atoms with E-state index in [1.807, 2.05) is 0 Å². The minimum atomic E-state index is -3.73. The molecule has 0 saturated carbocycles. The van der Waals surface area contributed by atoms with Crippen molar-refractivity contribution in [2.75, 3.05) is 26.7 Å². The number of carbonyl (C=O) groups is 1. The maximum atomic E-state index is 12.5. The molecule has 0 radical (unpaired) electrons. The lowest BCUT2D eigenvalue weighted by Crippen LogP contribution is -2.44. The molecular weight excluding hydrogens is 400 g/mol. The lowest BCUT2D eigenvalue weighted by Gasteiger charge is -2.32. The highest BCUT2D eigenvalue weighted by Gasteiger charge is 2.24. The molecule has 7 heteroatoms. The molecule has 0 bridgehead atoms. The van der Waals surface area contributed by atoms with Gasteiger partial charge >= 0.3 is 0 Å². The van der Waals surface area contributed by atoms with Crippen LogP contribution in [0, 0.1) is 12.8 Å². The second-order valence-corrected chi connectivity index (χ2v) is 9.62. The van der Waals surface area contributed by atoms with Gasteiger partial charge in [0.15, 0.2) is 0 Å². The van der Waals surface area contributed by atoms with Crippen molar-refractivity contribution in [2.24, 2.45) is 5.92 Å². The van der Waals surface area contributed by atoms with E-state index in [1.54, 1.807) is 17.0 Å². The second kappa shape index (κ2) is 10.1. The van der Waals surface area contributed by atoms with Crippen molar-refractivity contribution >= 4 is 15.9 Å². The highest BCUT2D eigenvalue weighted by Crippen LogP contribution is 2.23. The van der Waals surface area contributed by atoms with E-state index in [2.05, 4.69) is 35.9 Å². The van der Waals surface area contributed by atoms with Gasteiger partial charge in [0.1, 0.15) is 5.75 Å². The van der Waals surface area contributed by atoms with Crippen LogP contribution >= 0.6 is 0 Å². The third-order valence-corrected chi connectivity index (χ3v) is 7.13. The molecule has 1 amide bonds. The molecule has 3 rings (SSSR count). The molecular formula is C23H30N2O4S. The summed E-state index contributed by atoms with van der Waals surface area (Å²) in [6, 6.07) is 14.7. The maximum Gasteiger partial charge on any atom is 0.241 e. The number of nitrogens with zero attached hydrogens (tertiary/aromatic N) is 1. The van der Waals surface area contributed by atoms with Gasteiger partial charge in [0.05, 0.1) is 18.6 Å². The van der Waals surface area contributed by atoms with Crippen LogP contribution in [0.25, 0.3) is 0 Å². The molecule has 30 heavy (non-hydrogen) atoms. The van der Waals surface area contributed by atoms with Crippen LogP contribution in [0.15, 0.2) is 53.4 Å². The van der Waals surface area contributed by atoms with Crippen LogP contribution in [-0.2, 0) is 21.2 Å². The molecule has 1 N–H and O–H groups in total. The van der Waals surface area contributed by atoms with E-state index in [0.717, 1.165) is 25.7 Å². The van der Waals surface area contributed by atoms with E-state index in [4.69, 9.17) is 4.74 Å². The minimum absolute atomic E-state index is 0.117. The first-order valence-electron chi connectivity index (χ1n) is 10.3. The lowest BCUT2D eigenvalue weighted by atomic mass is 9.90. The average molecular weight is 431 g/mol. The minimum Gasteiger partial charge on any atom is -0.497 e. The molecule has 1 aliphatic heterocycles. The zero-order valence-corrected chi connectivity index (χ0v) is 18.5. The van der Waals surface area contributed by atoms with Gasteiger partial charge in [-0.2, -0.15) is 0 Å². The van der Waals surface area contributed by atoms with E-state index < -0.39 is 10.0 Å². The molecule has 1 heterocycles. The Morgan fingerprint density at radius 2 is 1.70 bits per heavy atom. The topological polar surface area (TPSA) is 75.7 Å². The molecule has 1 fully saturated rings.